The SMILES string of the molecule is COCc1nnc(-n2nnc(C#N)c2-c2ccc(F)cc2)s1. The lowest BCUT2D eigenvalue weighted by Crippen LogP contribution is -1.99. The van der Waals surface area contributed by atoms with Crippen LogP contribution in [0.2, 0.25) is 0 Å². The molecule has 0 fully saturated rings. The van der Waals surface area contributed by atoms with Crippen molar-refractivity contribution in [2.45, 2.75) is 6.61 Å². The lowest BCUT2D eigenvalue weighted by atomic mass is 10.1. The number of hydrogen-bond acceptors (Lipinski definition) is 7. The molecule has 0 unspecified atom stereocenters. The molecule has 22 heavy (non-hydrogen) atoms. The number of benzene rings is 1. The molecule has 7 nitrogen and oxygen atoms in total. The van der Waals surface area contributed by atoms with Crippen molar-refractivity contribution in [1.82, 2.24) is 25.2 Å². The highest BCUT2D eigenvalue weighted by Gasteiger charge is 2.19. The Morgan fingerprint density at radius 1 is 1.27 bits per heavy atom. The summed E-state index contributed by atoms with van der Waals surface area (Å²) in [6.45, 7) is 0.337. The van der Waals surface area contributed by atoms with Gasteiger partial charge in [-0.05, 0) is 24.3 Å². The average molecular weight is 316 g/mol. The number of rotatable bonds is 4. The molecule has 0 N–H and O–H groups in total. The molecule has 3 rings (SSSR count). The van der Waals surface area contributed by atoms with Crippen LogP contribution in [0.15, 0.2) is 24.3 Å². The number of methoxy groups -OCH3 is 1. The normalized spacial score (nSPS) is 10.6. The van der Waals surface area contributed by atoms with Crippen LogP contribution in [0.1, 0.15) is 10.7 Å². The molecule has 0 atom stereocenters. The summed E-state index contributed by atoms with van der Waals surface area (Å²) in [7, 11) is 1.56. The molecule has 0 aliphatic carbocycles. The Morgan fingerprint density at radius 3 is 2.73 bits per heavy atom. The van der Waals surface area contributed by atoms with E-state index in [1.165, 1.54) is 28.2 Å². The van der Waals surface area contributed by atoms with Crippen LogP contribution in [0.25, 0.3) is 16.4 Å². The Balaban J connectivity index is 2.10. The minimum absolute atomic E-state index is 0.134. The first-order valence-electron chi connectivity index (χ1n) is 6.16. The molecule has 0 spiro atoms. The predicted molar refractivity (Wildman–Crippen MR) is 75.6 cm³/mol. The molecule has 110 valence electrons. The first-order chi connectivity index (χ1) is 10.7. The predicted octanol–water partition coefficient (Wildman–Crippen LogP) is 1.94. The highest BCUT2D eigenvalue weighted by molar-refractivity contribution is 7.13. The van der Waals surface area contributed by atoms with Crippen molar-refractivity contribution in [2.75, 3.05) is 7.11 Å². The van der Waals surface area contributed by atoms with Crippen molar-refractivity contribution in [2.24, 2.45) is 0 Å². The van der Waals surface area contributed by atoms with Gasteiger partial charge < -0.3 is 4.74 Å². The van der Waals surface area contributed by atoms with Gasteiger partial charge >= 0.3 is 0 Å². The van der Waals surface area contributed by atoms with Crippen LogP contribution < -0.4 is 0 Å². The van der Waals surface area contributed by atoms with Gasteiger partial charge in [-0.25, -0.2) is 4.39 Å². The van der Waals surface area contributed by atoms with Crippen LogP contribution in [0, 0.1) is 17.1 Å². The van der Waals surface area contributed by atoms with Crippen LogP contribution >= 0.6 is 11.3 Å². The minimum Gasteiger partial charge on any atom is -0.377 e. The Kier molecular flexibility index (Phi) is 3.86. The van der Waals surface area contributed by atoms with Crippen molar-refractivity contribution < 1.29 is 9.13 Å². The van der Waals surface area contributed by atoms with Crippen LogP contribution in [0.4, 0.5) is 4.39 Å². The summed E-state index contributed by atoms with van der Waals surface area (Å²) in [4.78, 5) is 0. The maximum atomic E-state index is 13.1. The summed E-state index contributed by atoms with van der Waals surface area (Å²) in [6, 6.07) is 7.71. The number of nitrogens with zero attached hydrogens (tertiary/aromatic N) is 6. The molecule has 0 aliphatic rings. The first kappa shape index (κ1) is 14.2. The van der Waals surface area contributed by atoms with Gasteiger partial charge in [-0.15, -0.1) is 15.3 Å². The second-order valence-electron chi connectivity index (χ2n) is 4.23. The molecule has 2 heterocycles. The zero-order valence-corrected chi connectivity index (χ0v) is 12.2. The lowest BCUT2D eigenvalue weighted by Gasteiger charge is -2.02. The summed E-state index contributed by atoms with van der Waals surface area (Å²) in [5.41, 5.74) is 1.20. The molecule has 0 amide bonds. The lowest BCUT2D eigenvalue weighted by molar-refractivity contribution is 0.184. The maximum absolute atomic E-state index is 13.1. The van der Waals surface area contributed by atoms with Gasteiger partial charge in [0.05, 0.1) is 0 Å². The van der Waals surface area contributed by atoms with Crippen LogP contribution in [0.5, 0.6) is 0 Å². The molecule has 9 heteroatoms. The number of halogens is 1. The van der Waals surface area contributed by atoms with E-state index in [0.717, 1.165) is 0 Å². The minimum atomic E-state index is -0.362. The van der Waals surface area contributed by atoms with Crippen LogP contribution in [-0.2, 0) is 11.3 Å². The van der Waals surface area contributed by atoms with Crippen molar-refractivity contribution in [3.63, 3.8) is 0 Å². The van der Waals surface area contributed by atoms with E-state index in [-0.39, 0.29) is 11.5 Å². The fraction of sp³-hybridized carbons (Fsp3) is 0.154. The van der Waals surface area contributed by atoms with Crippen LogP contribution in [-0.4, -0.2) is 32.3 Å². The summed E-state index contributed by atoms with van der Waals surface area (Å²) >= 11 is 1.28. The van der Waals surface area contributed by atoms with Gasteiger partial charge in [-0.1, -0.05) is 16.6 Å². The zero-order chi connectivity index (χ0) is 15.5. The molecule has 0 saturated carbocycles. The molecule has 0 radical (unpaired) electrons. The molecule has 3 aromatic rings. The maximum Gasteiger partial charge on any atom is 0.234 e. The number of ether oxygens (including phenoxy) is 1. The quantitative estimate of drug-likeness (QED) is 0.731. The van der Waals surface area contributed by atoms with E-state index in [0.29, 0.717) is 28.0 Å². The highest BCUT2D eigenvalue weighted by atomic mass is 32.1. The first-order valence-corrected chi connectivity index (χ1v) is 6.98. The fourth-order valence-electron chi connectivity index (χ4n) is 1.87. The Hall–Kier alpha value is -2.70. The van der Waals surface area contributed by atoms with E-state index in [1.807, 2.05) is 6.07 Å². The van der Waals surface area contributed by atoms with Crippen molar-refractivity contribution in [3.05, 3.63) is 40.8 Å². The van der Waals surface area contributed by atoms with Gasteiger partial charge in [0.2, 0.25) is 5.13 Å². The zero-order valence-electron chi connectivity index (χ0n) is 11.4. The molecule has 1 aromatic carbocycles. The van der Waals surface area contributed by atoms with E-state index >= 15 is 0 Å². The Morgan fingerprint density at radius 2 is 2.05 bits per heavy atom. The monoisotopic (exact) mass is 316 g/mol. The van der Waals surface area contributed by atoms with Crippen molar-refractivity contribution in [1.29, 1.82) is 5.26 Å². The third-order valence-electron chi connectivity index (χ3n) is 2.80. The number of nitriles is 1. The highest BCUT2D eigenvalue weighted by Crippen LogP contribution is 2.26. The van der Waals surface area contributed by atoms with Crippen molar-refractivity contribution >= 4 is 11.3 Å². The van der Waals surface area contributed by atoms with Crippen molar-refractivity contribution in [3.8, 4) is 22.5 Å². The Labute approximate surface area is 128 Å². The number of aromatic nitrogens is 5. The molecule has 0 saturated heterocycles. The van der Waals surface area contributed by atoms with Crippen LogP contribution in [0.3, 0.4) is 0 Å². The third-order valence-corrected chi connectivity index (χ3v) is 3.67. The van der Waals surface area contributed by atoms with E-state index in [1.54, 1.807) is 19.2 Å². The molecular weight excluding hydrogens is 307 g/mol. The van der Waals surface area contributed by atoms with Gasteiger partial charge in [-0.2, -0.15) is 9.94 Å². The topological polar surface area (TPSA) is 89.5 Å². The van der Waals surface area contributed by atoms with Gasteiger partial charge in [0.1, 0.15) is 29.2 Å². The fourth-order valence-corrected chi connectivity index (χ4v) is 2.64. The second kappa shape index (κ2) is 5.97. The van der Waals surface area contributed by atoms with Gasteiger partial charge in [0, 0.05) is 12.7 Å². The van der Waals surface area contributed by atoms with Gasteiger partial charge in [-0.3, -0.25) is 0 Å². The molecule has 0 aliphatic heterocycles. The van der Waals surface area contributed by atoms with E-state index < -0.39 is 0 Å². The average Bonchev–Trinajstić information content (AvgIpc) is 3.14. The summed E-state index contributed by atoms with van der Waals surface area (Å²) in [6.07, 6.45) is 0. The Bertz CT molecular complexity index is 835. The van der Waals surface area contributed by atoms with E-state index in [9.17, 15) is 9.65 Å². The smallest absolute Gasteiger partial charge is 0.234 e. The molecular formula is C13H9FN6OS. The van der Waals surface area contributed by atoms with Gasteiger partial charge in [0.25, 0.3) is 0 Å². The third kappa shape index (κ3) is 2.57. The largest absolute Gasteiger partial charge is 0.377 e. The summed E-state index contributed by atoms with van der Waals surface area (Å²) < 4.78 is 19.5. The van der Waals surface area contributed by atoms with E-state index in [4.69, 9.17) is 4.74 Å². The summed E-state index contributed by atoms with van der Waals surface area (Å²) in [5, 5.41) is 26.1. The molecule has 0 bridgehead atoms. The molecule has 2 aromatic heterocycles. The number of hydrogen-bond donors (Lipinski definition) is 0. The summed E-state index contributed by atoms with van der Waals surface area (Å²) in [5.74, 6) is -0.362. The van der Waals surface area contributed by atoms with Gasteiger partial charge in [0.15, 0.2) is 5.69 Å². The second-order valence-corrected chi connectivity index (χ2v) is 5.27. The van der Waals surface area contributed by atoms with E-state index in [2.05, 4.69) is 20.5 Å². The standard InChI is InChI=1S/C13H9FN6OS/c1-21-7-11-17-18-13(22-11)20-12(10(6-15)16-19-20)8-2-4-9(14)5-3-8/h2-5H,7H2,1H3.